The summed E-state index contributed by atoms with van der Waals surface area (Å²) in [5.74, 6) is -0.666. The molecule has 1 unspecified atom stereocenters. The molecule has 0 aliphatic carbocycles. The van der Waals surface area contributed by atoms with E-state index in [-0.39, 0.29) is 24.9 Å². The lowest BCUT2D eigenvalue weighted by Crippen LogP contribution is -2.52. The maximum absolute atomic E-state index is 13.6. The molecule has 4 aromatic rings. The number of nitrogens with zero attached hydrogens (tertiary/aromatic N) is 1. The van der Waals surface area contributed by atoms with Crippen molar-refractivity contribution in [2.45, 2.75) is 25.4 Å². The molecular formula is C32H30ClFN2O3. The summed E-state index contributed by atoms with van der Waals surface area (Å²) in [6, 6.07) is 31.4. The second-order valence-corrected chi connectivity index (χ2v) is 9.51. The Hall–Kier alpha value is -4.16. The van der Waals surface area contributed by atoms with Crippen molar-refractivity contribution in [2.24, 2.45) is 0 Å². The van der Waals surface area contributed by atoms with Crippen LogP contribution < -0.4 is 10.1 Å². The van der Waals surface area contributed by atoms with Crippen LogP contribution >= 0.6 is 11.6 Å². The number of hydrogen-bond acceptors (Lipinski definition) is 3. The molecule has 0 radical (unpaired) electrons. The van der Waals surface area contributed by atoms with Gasteiger partial charge in [0.2, 0.25) is 5.91 Å². The van der Waals surface area contributed by atoms with Gasteiger partial charge in [0.25, 0.3) is 5.91 Å². The number of halogens is 2. The maximum atomic E-state index is 13.6. The van der Waals surface area contributed by atoms with Crippen molar-refractivity contribution in [3.05, 3.63) is 137 Å². The van der Waals surface area contributed by atoms with Crippen molar-refractivity contribution in [1.29, 1.82) is 0 Å². The zero-order valence-corrected chi connectivity index (χ0v) is 22.2. The highest BCUT2D eigenvalue weighted by molar-refractivity contribution is 6.32. The molecule has 0 saturated heterocycles. The van der Waals surface area contributed by atoms with E-state index in [2.05, 4.69) is 5.32 Å². The Kier molecular flexibility index (Phi) is 10.1. The van der Waals surface area contributed by atoms with Crippen LogP contribution in [-0.4, -0.2) is 35.9 Å². The number of rotatable bonds is 12. The van der Waals surface area contributed by atoms with E-state index in [4.69, 9.17) is 16.3 Å². The highest BCUT2D eigenvalue weighted by Gasteiger charge is 2.30. The van der Waals surface area contributed by atoms with E-state index in [1.54, 1.807) is 36.4 Å². The van der Waals surface area contributed by atoms with Gasteiger partial charge in [0, 0.05) is 19.5 Å². The molecule has 0 aliphatic rings. The number of nitrogens with one attached hydrogen (secondary N) is 1. The van der Waals surface area contributed by atoms with Gasteiger partial charge < -0.3 is 15.0 Å². The molecule has 2 amide bonds. The second-order valence-electron chi connectivity index (χ2n) is 9.10. The summed E-state index contributed by atoms with van der Waals surface area (Å²) >= 11 is 6.21. The van der Waals surface area contributed by atoms with E-state index in [9.17, 15) is 14.0 Å². The summed E-state index contributed by atoms with van der Waals surface area (Å²) < 4.78 is 19.3. The summed E-state index contributed by atoms with van der Waals surface area (Å²) in [6.07, 6.45) is 0.962. The fourth-order valence-corrected chi connectivity index (χ4v) is 4.41. The van der Waals surface area contributed by atoms with Crippen molar-refractivity contribution < 1.29 is 18.7 Å². The third kappa shape index (κ3) is 8.42. The molecule has 0 aromatic heterocycles. The molecule has 1 N–H and O–H groups in total. The van der Waals surface area contributed by atoms with Gasteiger partial charge in [-0.25, -0.2) is 4.39 Å². The minimum absolute atomic E-state index is 0.106. The van der Waals surface area contributed by atoms with Crippen molar-refractivity contribution in [3.63, 3.8) is 0 Å². The van der Waals surface area contributed by atoms with Crippen LogP contribution in [0.5, 0.6) is 5.75 Å². The van der Waals surface area contributed by atoms with Gasteiger partial charge in [0.1, 0.15) is 17.6 Å². The van der Waals surface area contributed by atoms with Gasteiger partial charge in [-0.3, -0.25) is 9.59 Å². The molecule has 0 saturated carbocycles. The van der Waals surface area contributed by atoms with Crippen LogP contribution in [0.25, 0.3) is 0 Å². The number of ether oxygens (including phenoxy) is 1. The van der Waals surface area contributed by atoms with Crippen LogP contribution in [0.1, 0.15) is 16.7 Å². The van der Waals surface area contributed by atoms with Crippen LogP contribution in [0.4, 0.5) is 4.39 Å². The standard InChI is InChI=1S/C32H30ClFN2O3/c33-28-13-7-8-14-30(28)39-23-31(37)36(22-26-15-17-27(34)18-16-26)29(21-25-11-5-2-6-12-25)32(38)35-20-19-24-9-3-1-4-10-24/h1-18,29H,19-23H2,(H,35,38). The molecule has 4 rings (SSSR count). The molecule has 5 nitrogen and oxygen atoms in total. The predicted molar refractivity (Wildman–Crippen MR) is 151 cm³/mol. The van der Waals surface area contributed by atoms with E-state index in [1.807, 2.05) is 60.7 Å². The number of benzene rings is 4. The Morgan fingerprint density at radius 1 is 0.795 bits per heavy atom. The molecule has 0 spiro atoms. The van der Waals surface area contributed by atoms with Gasteiger partial charge in [-0.2, -0.15) is 0 Å². The summed E-state index contributed by atoms with van der Waals surface area (Å²) in [4.78, 5) is 28.8. The van der Waals surface area contributed by atoms with Crippen molar-refractivity contribution in [1.82, 2.24) is 10.2 Å². The highest BCUT2D eigenvalue weighted by atomic mass is 35.5. The molecule has 0 aliphatic heterocycles. The van der Waals surface area contributed by atoms with Gasteiger partial charge in [0.05, 0.1) is 5.02 Å². The summed E-state index contributed by atoms with van der Waals surface area (Å²) in [5, 5.41) is 3.39. The Balaban J connectivity index is 1.57. The molecule has 0 bridgehead atoms. The molecule has 0 fully saturated rings. The van der Waals surface area contributed by atoms with Crippen LogP contribution in [0, 0.1) is 5.82 Å². The molecule has 1 atom stereocenters. The Bertz CT molecular complexity index is 1350. The third-order valence-corrected chi connectivity index (χ3v) is 6.59. The molecule has 7 heteroatoms. The first kappa shape index (κ1) is 27.9. The van der Waals surface area contributed by atoms with Crippen molar-refractivity contribution in [3.8, 4) is 5.75 Å². The molecular weight excluding hydrogens is 515 g/mol. The Labute approximate surface area is 233 Å². The normalized spacial score (nSPS) is 11.4. The van der Waals surface area contributed by atoms with E-state index in [0.29, 0.717) is 35.7 Å². The van der Waals surface area contributed by atoms with Gasteiger partial charge >= 0.3 is 0 Å². The third-order valence-electron chi connectivity index (χ3n) is 6.28. The van der Waals surface area contributed by atoms with E-state index in [0.717, 1.165) is 11.1 Å². The zero-order valence-electron chi connectivity index (χ0n) is 21.4. The van der Waals surface area contributed by atoms with Crippen LogP contribution in [0.3, 0.4) is 0 Å². The monoisotopic (exact) mass is 544 g/mol. The highest BCUT2D eigenvalue weighted by Crippen LogP contribution is 2.23. The second kappa shape index (κ2) is 14.1. The molecule has 4 aromatic carbocycles. The molecule has 0 heterocycles. The SMILES string of the molecule is O=C(NCCc1ccccc1)C(Cc1ccccc1)N(Cc1ccc(F)cc1)C(=O)COc1ccccc1Cl. The van der Waals surface area contributed by atoms with E-state index >= 15 is 0 Å². The Morgan fingerprint density at radius 3 is 2.08 bits per heavy atom. The van der Waals surface area contributed by atoms with Gasteiger partial charge in [0.15, 0.2) is 6.61 Å². The first-order chi connectivity index (χ1) is 19.0. The molecule has 39 heavy (non-hydrogen) atoms. The first-order valence-corrected chi connectivity index (χ1v) is 13.1. The first-order valence-electron chi connectivity index (χ1n) is 12.8. The fraction of sp³-hybridized carbons (Fsp3) is 0.188. The fourth-order valence-electron chi connectivity index (χ4n) is 4.22. The average molecular weight is 545 g/mol. The van der Waals surface area contributed by atoms with Crippen molar-refractivity contribution in [2.75, 3.05) is 13.2 Å². The van der Waals surface area contributed by atoms with Crippen LogP contribution in [0.2, 0.25) is 5.02 Å². The minimum atomic E-state index is -0.824. The summed E-state index contributed by atoms with van der Waals surface area (Å²) in [7, 11) is 0. The van der Waals surface area contributed by atoms with E-state index < -0.39 is 11.9 Å². The smallest absolute Gasteiger partial charge is 0.261 e. The number of carbonyl (C=O) groups excluding carboxylic acids is 2. The molecule has 200 valence electrons. The van der Waals surface area contributed by atoms with E-state index in [1.165, 1.54) is 17.0 Å². The zero-order chi connectivity index (χ0) is 27.5. The summed E-state index contributed by atoms with van der Waals surface area (Å²) in [5.41, 5.74) is 2.70. The predicted octanol–water partition coefficient (Wildman–Crippen LogP) is 5.86. The number of hydrogen-bond donors (Lipinski definition) is 1. The number of amides is 2. The van der Waals surface area contributed by atoms with Gasteiger partial charge in [-0.05, 0) is 47.4 Å². The lowest BCUT2D eigenvalue weighted by Gasteiger charge is -2.31. The maximum Gasteiger partial charge on any atom is 0.261 e. The minimum Gasteiger partial charge on any atom is -0.482 e. The number of para-hydroxylation sites is 1. The summed E-state index contributed by atoms with van der Waals surface area (Å²) in [6.45, 7) is 0.213. The van der Waals surface area contributed by atoms with Gasteiger partial charge in [-0.1, -0.05) is 96.5 Å². The van der Waals surface area contributed by atoms with Crippen LogP contribution in [-0.2, 0) is 29.0 Å². The largest absolute Gasteiger partial charge is 0.482 e. The lowest BCUT2D eigenvalue weighted by atomic mass is 10.0. The van der Waals surface area contributed by atoms with Crippen LogP contribution in [0.15, 0.2) is 109 Å². The average Bonchev–Trinajstić information content (AvgIpc) is 2.96. The number of carbonyl (C=O) groups is 2. The topological polar surface area (TPSA) is 58.6 Å². The Morgan fingerprint density at radius 2 is 1.41 bits per heavy atom. The lowest BCUT2D eigenvalue weighted by molar-refractivity contribution is -0.142. The quantitative estimate of drug-likeness (QED) is 0.243. The van der Waals surface area contributed by atoms with Crippen molar-refractivity contribution >= 4 is 23.4 Å². The van der Waals surface area contributed by atoms with Gasteiger partial charge in [-0.15, -0.1) is 0 Å².